The monoisotopic (exact) mass is 329 g/mol. The van der Waals surface area contributed by atoms with Gasteiger partial charge in [0.2, 0.25) is 0 Å². The van der Waals surface area contributed by atoms with Gasteiger partial charge in [0, 0.05) is 24.1 Å². The Hall–Kier alpha value is -2.56. The summed E-state index contributed by atoms with van der Waals surface area (Å²) in [6, 6.07) is 9.78. The van der Waals surface area contributed by atoms with Crippen LogP contribution in [0, 0.1) is 5.82 Å². The Balaban J connectivity index is 1.78. The molecule has 1 N–H and O–H groups in total. The highest BCUT2D eigenvalue weighted by atomic mass is 19.1. The first-order valence-corrected chi connectivity index (χ1v) is 8.06. The molecule has 4 nitrogen and oxygen atoms in total. The molecule has 1 amide bonds. The minimum Gasteiger partial charge on any atom is -0.494 e. The maximum Gasteiger partial charge on any atom is 0.254 e. The van der Waals surface area contributed by atoms with Crippen LogP contribution in [-0.2, 0) is 13.0 Å². The fourth-order valence-electron chi connectivity index (χ4n) is 2.83. The standard InChI is InChI=1S/C19H20FNO3/c1-3-23-17-9-13-8-12(2)24-18(13)10-14(17)11-21-19(22)15-6-4-5-7-16(15)20/h4-7,9-10,12H,3,8,11H2,1-2H3,(H,21,22). The predicted octanol–water partition coefficient (Wildman–Crippen LogP) is 3.48. The normalized spacial score (nSPS) is 15.5. The lowest BCUT2D eigenvalue weighted by Crippen LogP contribution is -2.24. The molecular formula is C19H20FNO3. The number of halogens is 1. The molecule has 2 aromatic carbocycles. The summed E-state index contributed by atoms with van der Waals surface area (Å²) in [5.74, 6) is 0.556. The van der Waals surface area contributed by atoms with Crippen LogP contribution >= 0.6 is 0 Å². The van der Waals surface area contributed by atoms with Gasteiger partial charge in [-0.05, 0) is 38.1 Å². The lowest BCUT2D eigenvalue weighted by Gasteiger charge is -2.13. The fraction of sp³-hybridized carbons (Fsp3) is 0.316. The van der Waals surface area contributed by atoms with Crippen molar-refractivity contribution in [1.29, 1.82) is 0 Å². The van der Waals surface area contributed by atoms with E-state index in [0.29, 0.717) is 6.61 Å². The van der Waals surface area contributed by atoms with Gasteiger partial charge in [-0.3, -0.25) is 4.79 Å². The summed E-state index contributed by atoms with van der Waals surface area (Å²) in [6.45, 7) is 4.70. The summed E-state index contributed by atoms with van der Waals surface area (Å²) in [7, 11) is 0. The maximum atomic E-state index is 13.7. The zero-order valence-corrected chi connectivity index (χ0v) is 13.8. The molecule has 0 aromatic heterocycles. The number of hydrogen-bond acceptors (Lipinski definition) is 3. The highest BCUT2D eigenvalue weighted by Gasteiger charge is 2.22. The average Bonchev–Trinajstić information content (AvgIpc) is 2.92. The van der Waals surface area contributed by atoms with E-state index in [9.17, 15) is 9.18 Å². The van der Waals surface area contributed by atoms with Crippen LogP contribution in [-0.4, -0.2) is 18.6 Å². The smallest absolute Gasteiger partial charge is 0.254 e. The molecule has 1 aliphatic heterocycles. The van der Waals surface area contributed by atoms with Crippen LogP contribution in [0.25, 0.3) is 0 Å². The van der Waals surface area contributed by atoms with Crippen LogP contribution in [0.3, 0.4) is 0 Å². The molecule has 2 aromatic rings. The quantitative estimate of drug-likeness (QED) is 0.913. The number of carbonyl (C=O) groups excluding carboxylic acids is 1. The van der Waals surface area contributed by atoms with Crippen LogP contribution in [0.5, 0.6) is 11.5 Å². The molecule has 0 radical (unpaired) electrons. The molecule has 5 heteroatoms. The second-order valence-electron chi connectivity index (χ2n) is 5.80. The van der Waals surface area contributed by atoms with Gasteiger partial charge in [0.1, 0.15) is 23.4 Å². The van der Waals surface area contributed by atoms with Crippen LogP contribution < -0.4 is 14.8 Å². The molecule has 0 aliphatic carbocycles. The summed E-state index contributed by atoms with van der Waals surface area (Å²) in [6.07, 6.45) is 0.981. The number of fused-ring (bicyclic) bond motifs is 1. The van der Waals surface area contributed by atoms with Gasteiger partial charge >= 0.3 is 0 Å². The van der Waals surface area contributed by atoms with Crippen molar-refractivity contribution >= 4 is 5.91 Å². The Bertz CT molecular complexity index is 760. The van der Waals surface area contributed by atoms with Crippen molar-refractivity contribution in [2.75, 3.05) is 6.61 Å². The molecule has 0 fully saturated rings. The lowest BCUT2D eigenvalue weighted by atomic mass is 10.1. The third kappa shape index (κ3) is 3.35. The molecular weight excluding hydrogens is 309 g/mol. The first-order chi connectivity index (χ1) is 11.6. The molecule has 1 atom stereocenters. The Morgan fingerprint density at radius 2 is 2.17 bits per heavy atom. The van der Waals surface area contributed by atoms with Crippen LogP contribution in [0.15, 0.2) is 36.4 Å². The van der Waals surface area contributed by atoms with Gasteiger partial charge < -0.3 is 14.8 Å². The van der Waals surface area contributed by atoms with Crippen molar-refractivity contribution < 1.29 is 18.7 Å². The number of ether oxygens (including phenoxy) is 2. The molecule has 24 heavy (non-hydrogen) atoms. The number of rotatable bonds is 5. The van der Waals surface area contributed by atoms with Crippen molar-refractivity contribution in [3.8, 4) is 11.5 Å². The van der Waals surface area contributed by atoms with Crippen molar-refractivity contribution in [1.82, 2.24) is 5.32 Å². The second-order valence-corrected chi connectivity index (χ2v) is 5.80. The molecule has 0 saturated carbocycles. The zero-order valence-electron chi connectivity index (χ0n) is 13.8. The van der Waals surface area contributed by atoms with E-state index < -0.39 is 11.7 Å². The number of benzene rings is 2. The number of hydrogen-bond donors (Lipinski definition) is 1. The van der Waals surface area contributed by atoms with E-state index in [1.165, 1.54) is 12.1 Å². The zero-order chi connectivity index (χ0) is 17.1. The van der Waals surface area contributed by atoms with Gasteiger partial charge in [-0.15, -0.1) is 0 Å². The van der Waals surface area contributed by atoms with Crippen LogP contribution in [0.1, 0.15) is 35.3 Å². The first kappa shape index (κ1) is 16.3. The molecule has 0 spiro atoms. The Labute approximate surface area is 140 Å². The number of nitrogens with one attached hydrogen (secondary N) is 1. The third-order valence-corrected chi connectivity index (χ3v) is 3.94. The van der Waals surface area contributed by atoms with E-state index in [2.05, 4.69) is 5.32 Å². The second kappa shape index (κ2) is 6.91. The Kier molecular flexibility index (Phi) is 4.69. The van der Waals surface area contributed by atoms with Crippen molar-refractivity contribution in [2.45, 2.75) is 32.9 Å². The molecule has 0 bridgehead atoms. The number of amides is 1. The summed E-state index contributed by atoms with van der Waals surface area (Å²) >= 11 is 0. The summed E-state index contributed by atoms with van der Waals surface area (Å²) in [5.41, 5.74) is 1.95. The van der Waals surface area contributed by atoms with Gasteiger partial charge in [0.05, 0.1) is 12.2 Å². The van der Waals surface area contributed by atoms with Crippen molar-refractivity contribution in [3.63, 3.8) is 0 Å². The SMILES string of the molecule is CCOc1cc2c(cc1CNC(=O)c1ccccc1F)OC(C)C2. The molecule has 0 saturated heterocycles. The van der Waals surface area contributed by atoms with Gasteiger partial charge in [-0.1, -0.05) is 12.1 Å². The molecule has 1 unspecified atom stereocenters. The van der Waals surface area contributed by atoms with Gasteiger partial charge in [-0.25, -0.2) is 4.39 Å². The predicted molar refractivity (Wildman–Crippen MR) is 89.0 cm³/mol. The largest absolute Gasteiger partial charge is 0.494 e. The summed E-state index contributed by atoms with van der Waals surface area (Å²) in [4.78, 5) is 12.2. The molecule has 1 aliphatic rings. The van der Waals surface area contributed by atoms with E-state index in [4.69, 9.17) is 9.47 Å². The minimum atomic E-state index is -0.536. The lowest BCUT2D eigenvalue weighted by molar-refractivity contribution is 0.0946. The molecule has 1 heterocycles. The number of carbonyl (C=O) groups is 1. The maximum absolute atomic E-state index is 13.7. The van der Waals surface area contributed by atoms with Crippen LogP contribution in [0.2, 0.25) is 0 Å². The summed E-state index contributed by atoms with van der Waals surface area (Å²) in [5, 5.41) is 2.74. The van der Waals surface area contributed by atoms with Gasteiger partial charge in [-0.2, -0.15) is 0 Å². The van der Waals surface area contributed by atoms with E-state index in [1.807, 2.05) is 26.0 Å². The average molecular weight is 329 g/mol. The highest BCUT2D eigenvalue weighted by Crippen LogP contribution is 2.35. The van der Waals surface area contributed by atoms with Crippen molar-refractivity contribution in [3.05, 3.63) is 58.9 Å². The highest BCUT2D eigenvalue weighted by molar-refractivity contribution is 5.94. The van der Waals surface area contributed by atoms with E-state index >= 15 is 0 Å². The first-order valence-electron chi connectivity index (χ1n) is 8.06. The van der Waals surface area contributed by atoms with Gasteiger partial charge in [0.25, 0.3) is 5.91 Å². The molecule has 126 valence electrons. The van der Waals surface area contributed by atoms with Gasteiger partial charge in [0.15, 0.2) is 0 Å². The Morgan fingerprint density at radius 3 is 2.92 bits per heavy atom. The Morgan fingerprint density at radius 1 is 1.38 bits per heavy atom. The van der Waals surface area contributed by atoms with E-state index in [-0.39, 0.29) is 18.2 Å². The minimum absolute atomic E-state index is 0.0292. The van der Waals surface area contributed by atoms with Crippen molar-refractivity contribution in [2.24, 2.45) is 0 Å². The van der Waals surface area contributed by atoms with Crippen LogP contribution in [0.4, 0.5) is 4.39 Å². The summed E-state index contributed by atoms with van der Waals surface area (Å²) < 4.78 is 25.1. The topological polar surface area (TPSA) is 47.6 Å². The third-order valence-electron chi connectivity index (χ3n) is 3.94. The van der Waals surface area contributed by atoms with E-state index in [1.54, 1.807) is 12.1 Å². The fourth-order valence-corrected chi connectivity index (χ4v) is 2.83. The van der Waals surface area contributed by atoms with E-state index in [0.717, 1.165) is 29.0 Å². The molecule has 3 rings (SSSR count).